The highest BCUT2D eigenvalue weighted by molar-refractivity contribution is 5.84. The SMILES string of the molecule is NCc1nccc2cc(F)ccc12. The van der Waals surface area contributed by atoms with Crippen LogP contribution in [0.1, 0.15) is 5.69 Å². The first-order valence-electron chi connectivity index (χ1n) is 4.04. The van der Waals surface area contributed by atoms with E-state index >= 15 is 0 Å². The molecule has 13 heavy (non-hydrogen) atoms. The molecule has 0 fully saturated rings. The van der Waals surface area contributed by atoms with Crippen LogP contribution in [-0.2, 0) is 6.54 Å². The number of rotatable bonds is 1. The molecule has 2 aromatic rings. The van der Waals surface area contributed by atoms with Crippen LogP contribution in [0.3, 0.4) is 0 Å². The van der Waals surface area contributed by atoms with Gasteiger partial charge in [-0.1, -0.05) is 0 Å². The van der Waals surface area contributed by atoms with E-state index in [0.717, 1.165) is 16.5 Å². The third kappa shape index (κ3) is 1.38. The minimum absolute atomic E-state index is 0.235. The van der Waals surface area contributed by atoms with E-state index < -0.39 is 0 Å². The molecule has 0 saturated carbocycles. The Kier molecular flexibility index (Phi) is 1.94. The van der Waals surface area contributed by atoms with Gasteiger partial charge in [-0.25, -0.2) is 4.39 Å². The van der Waals surface area contributed by atoms with E-state index in [0.29, 0.717) is 6.54 Å². The van der Waals surface area contributed by atoms with E-state index in [1.54, 1.807) is 18.3 Å². The van der Waals surface area contributed by atoms with Crippen LogP contribution in [-0.4, -0.2) is 4.98 Å². The molecule has 1 aromatic heterocycles. The number of aromatic nitrogens is 1. The summed E-state index contributed by atoms with van der Waals surface area (Å²) in [5.41, 5.74) is 6.30. The second kappa shape index (κ2) is 3.11. The average Bonchev–Trinajstić information content (AvgIpc) is 2.16. The van der Waals surface area contributed by atoms with Gasteiger partial charge in [0, 0.05) is 18.1 Å². The first-order valence-corrected chi connectivity index (χ1v) is 4.04. The zero-order valence-electron chi connectivity index (χ0n) is 7.00. The van der Waals surface area contributed by atoms with Crippen LogP contribution < -0.4 is 5.73 Å². The summed E-state index contributed by atoms with van der Waals surface area (Å²) < 4.78 is 12.8. The van der Waals surface area contributed by atoms with Gasteiger partial charge < -0.3 is 5.73 Å². The predicted molar refractivity (Wildman–Crippen MR) is 49.6 cm³/mol. The fourth-order valence-electron chi connectivity index (χ4n) is 1.37. The summed E-state index contributed by atoms with van der Waals surface area (Å²) >= 11 is 0. The normalized spacial score (nSPS) is 10.6. The van der Waals surface area contributed by atoms with E-state index in [9.17, 15) is 4.39 Å². The molecule has 0 bridgehead atoms. The number of fused-ring (bicyclic) bond motifs is 1. The molecule has 0 aliphatic heterocycles. The third-order valence-corrected chi connectivity index (χ3v) is 2.00. The lowest BCUT2D eigenvalue weighted by atomic mass is 10.1. The fourth-order valence-corrected chi connectivity index (χ4v) is 1.37. The summed E-state index contributed by atoms with van der Waals surface area (Å²) in [7, 11) is 0. The first kappa shape index (κ1) is 8.13. The summed E-state index contributed by atoms with van der Waals surface area (Å²) in [5.74, 6) is -0.235. The molecule has 2 N–H and O–H groups in total. The fraction of sp³-hybridized carbons (Fsp3) is 0.100. The molecule has 0 atom stereocenters. The quantitative estimate of drug-likeness (QED) is 0.720. The molecule has 0 saturated heterocycles. The van der Waals surface area contributed by atoms with Gasteiger partial charge in [-0.2, -0.15) is 0 Å². The van der Waals surface area contributed by atoms with Gasteiger partial charge in [0.1, 0.15) is 5.82 Å². The second-order valence-electron chi connectivity index (χ2n) is 2.83. The zero-order valence-corrected chi connectivity index (χ0v) is 7.00. The lowest BCUT2D eigenvalue weighted by Gasteiger charge is -2.02. The van der Waals surface area contributed by atoms with E-state index in [1.165, 1.54) is 12.1 Å². The van der Waals surface area contributed by atoms with Gasteiger partial charge in [-0.15, -0.1) is 0 Å². The highest BCUT2D eigenvalue weighted by atomic mass is 19.1. The molecule has 0 radical (unpaired) electrons. The molecular weight excluding hydrogens is 167 g/mol. The molecule has 3 heteroatoms. The van der Waals surface area contributed by atoms with Gasteiger partial charge in [0.05, 0.1) is 5.69 Å². The molecule has 2 nitrogen and oxygen atoms in total. The van der Waals surface area contributed by atoms with Gasteiger partial charge in [0.15, 0.2) is 0 Å². The number of halogens is 1. The van der Waals surface area contributed by atoms with Crippen molar-refractivity contribution in [3.05, 3.63) is 42.0 Å². The van der Waals surface area contributed by atoms with Crippen molar-refractivity contribution in [3.63, 3.8) is 0 Å². The number of hydrogen-bond acceptors (Lipinski definition) is 2. The molecule has 1 heterocycles. The number of nitrogens with zero attached hydrogens (tertiary/aromatic N) is 1. The molecule has 2 rings (SSSR count). The van der Waals surface area contributed by atoms with E-state index in [-0.39, 0.29) is 5.82 Å². The highest BCUT2D eigenvalue weighted by Gasteiger charge is 2.00. The van der Waals surface area contributed by atoms with Gasteiger partial charge in [0.25, 0.3) is 0 Å². The van der Waals surface area contributed by atoms with Gasteiger partial charge >= 0.3 is 0 Å². The third-order valence-electron chi connectivity index (χ3n) is 2.00. The van der Waals surface area contributed by atoms with Crippen molar-refractivity contribution in [2.24, 2.45) is 5.73 Å². The Hall–Kier alpha value is -1.48. The maximum absolute atomic E-state index is 12.8. The van der Waals surface area contributed by atoms with Crippen LogP contribution in [0.5, 0.6) is 0 Å². The Bertz CT molecular complexity index is 440. The summed E-state index contributed by atoms with van der Waals surface area (Å²) in [6, 6.07) is 6.39. The summed E-state index contributed by atoms with van der Waals surface area (Å²) in [4.78, 5) is 4.11. The van der Waals surface area contributed by atoms with Crippen LogP contribution in [0.4, 0.5) is 4.39 Å². The van der Waals surface area contributed by atoms with E-state index in [1.807, 2.05) is 0 Å². The van der Waals surface area contributed by atoms with Crippen LogP contribution in [0.15, 0.2) is 30.5 Å². The molecule has 66 valence electrons. The molecule has 0 amide bonds. The first-order chi connectivity index (χ1) is 6.31. The number of hydrogen-bond donors (Lipinski definition) is 1. The number of pyridine rings is 1. The van der Waals surface area contributed by atoms with Gasteiger partial charge in [-0.05, 0) is 29.7 Å². The van der Waals surface area contributed by atoms with E-state index in [2.05, 4.69) is 4.98 Å². The van der Waals surface area contributed by atoms with Crippen LogP contribution in [0.25, 0.3) is 10.8 Å². The van der Waals surface area contributed by atoms with Crippen molar-refractivity contribution in [3.8, 4) is 0 Å². The number of benzene rings is 1. The van der Waals surface area contributed by atoms with Crippen molar-refractivity contribution in [1.82, 2.24) is 4.98 Å². The molecule has 0 unspecified atom stereocenters. The Balaban J connectivity index is 2.77. The van der Waals surface area contributed by atoms with E-state index in [4.69, 9.17) is 5.73 Å². The minimum Gasteiger partial charge on any atom is -0.325 e. The Morgan fingerprint density at radius 1 is 1.31 bits per heavy atom. The number of nitrogens with two attached hydrogens (primary N) is 1. The lowest BCUT2D eigenvalue weighted by molar-refractivity contribution is 0.629. The lowest BCUT2D eigenvalue weighted by Crippen LogP contribution is -1.99. The standard InChI is InChI=1S/C10H9FN2/c11-8-1-2-9-7(5-8)3-4-13-10(9)6-12/h1-5H,6,12H2. The summed E-state index contributed by atoms with van der Waals surface area (Å²) in [6.07, 6.45) is 1.64. The van der Waals surface area contributed by atoms with Gasteiger partial charge in [-0.3, -0.25) is 4.98 Å². The summed E-state index contributed by atoms with van der Waals surface area (Å²) in [6.45, 7) is 0.378. The zero-order chi connectivity index (χ0) is 9.26. The van der Waals surface area contributed by atoms with Crippen molar-refractivity contribution in [2.75, 3.05) is 0 Å². The van der Waals surface area contributed by atoms with Crippen molar-refractivity contribution < 1.29 is 4.39 Å². The van der Waals surface area contributed by atoms with Crippen LogP contribution in [0, 0.1) is 5.82 Å². The predicted octanol–water partition coefficient (Wildman–Crippen LogP) is 1.83. The Morgan fingerprint density at radius 3 is 2.92 bits per heavy atom. The van der Waals surface area contributed by atoms with Crippen LogP contribution in [0.2, 0.25) is 0 Å². The van der Waals surface area contributed by atoms with Crippen molar-refractivity contribution in [2.45, 2.75) is 6.54 Å². The maximum Gasteiger partial charge on any atom is 0.123 e. The Labute approximate surface area is 75.2 Å². The Morgan fingerprint density at radius 2 is 2.15 bits per heavy atom. The highest BCUT2D eigenvalue weighted by Crippen LogP contribution is 2.17. The minimum atomic E-state index is -0.235. The molecular formula is C10H9FN2. The average molecular weight is 176 g/mol. The maximum atomic E-state index is 12.8. The van der Waals surface area contributed by atoms with Gasteiger partial charge in [0.2, 0.25) is 0 Å². The summed E-state index contributed by atoms with van der Waals surface area (Å²) in [5, 5.41) is 1.77. The molecule has 0 aliphatic rings. The van der Waals surface area contributed by atoms with Crippen LogP contribution >= 0.6 is 0 Å². The van der Waals surface area contributed by atoms with Crippen molar-refractivity contribution in [1.29, 1.82) is 0 Å². The molecule has 0 spiro atoms. The smallest absolute Gasteiger partial charge is 0.123 e. The molecule has 0 aliphatic carbocycles. The monoisotopic (exact) mass is 176 g/mol. The topological polar surface area (TPSA) is 38.9 Å². The molecule has 1 aromatic carbocycles. The second-order valence-corrected chi connectivity index (χ2v) is 2.83. The van der Waals surface area contributed by atoms with Crippen molar-refractivity contribution >= 4 is 10.8 Å². The largest absolute Gasteiger partial charge is 0.325 e.